The fourth-order valence-electron chi connectivity index (χ4n) is 4.23. The van der Waals surface area contributed by atoms with Crippen LogP contribution in [-0.4, -0.2) is 45.1 Å². The average Bonchev–Trinajstić information content (AvgIpc) is 3.22. The minimum absolute atomic E-state index is 0.115. The van der Waals surface area contributed by atoms with Gasteiger partial charge in [-0.3, -0.25) is 19.8 Å². The molecule has 0 bridgehead atoms. The highest BCUT2D eigenvalue weighted by molar-refractivity contribution is 6.31. The topological polar surface area (TPSA) is 73.9 Å². The fourth-order valence-corrected chi connectivity index (χ4v) is 4.40. The molecule has 0 unspecified atom stereocenters. The Balaban J connectivity index is 1.15. The molecule has 0 spiro atoms. The zero-order chi connectivity index (χ0) is 22.8. The molecular formula is C25H23ClFN5O. The maximum atomic E-state index is 13.4. The zero-order valence-electron chi connectivity index (χ0n) is 17.9. The second kappa shape index (κ2) is 9.29. The third kappa shape index (κ3) is 4.89. The van der Waals surface area contributed by atoms with Crippen LogP contribution in [0.3, 0.4) is 0 Å². The predicted octanol–water partition coefficient (Wildman–Crippen LogP) is 4.81. The van der Waals surface area contributed by atoms with Crippen molar-refractivity contribution in [2.24, 2.45) is 0 Å². The minimum Gasteiger partial charge on any atom is -0.349 e. The summed E-state index contributed by atoms with van der Waals surface area (Å²) in [6, 6.07) is 15.5. The number of carbonyl (C=O) groups excluding carboxylic acids is 1. The highest BCUT2D eigenvalue weighted by Gasteiger charge is 2.22. The molecule has 1 aliphatic rings. The molecule has 168 valence electrons. The number of fused-ring (bicyclic) bond motifs is 1. The molecule has 0 atom stereocenters. The second-order valence-corrected chi connectivity index (χ2v) is 8.77. The van der Waals surface area contributed by atoms with Gasteiger partial charge in [0.25, 0.3) is 5.91 Å². The minimum atomic E-state index is -0.313. The molecule has 0 saturated carbocycles. The summed E-state index contributed by atoms with van der Waals surface area (Å²) >= 11 is 6.14. The van der Waals surface area contributed by atoms with Crippen LogP contribution in [0.25, 0.3) is 22.2 Å². The Bertz CT molecular complexity index is 1280. The number of H-pyrrole nitrogens is 1. The number of nitrogens with zero attached hydrogens (tertiary/aromatic N) is 3. The number of hydrogen-bond acceptors (Lipinski definition) is 4. The number of hydrogen-bond donors (Lipinski definition) is 2. The summed E-state index contributed by atoms with van der Waals surface area (Å²) in [5.74, 6) is -0.451. The number of carbonyl (C=O) groups is 1. The first-order chi connectivity index (χ1) is 16.0. The summed E-state index contributed by atoms with van der Waals surface area (Å²) in [5.41, 5.74) is 3.78. The van der Waals surface area contributed by atoms with E-state index < -0.39 is 0 Å². The number of aromatic nitrogens is 3. The maximum Gasteiger partial charge on any atom is 0.253 e. The number of likely N-dealkylation sites (tertiary alicyclic amines) is 1. The van der Waals surface area contributed by atoms with Gasteiger partial charge in [-0.05, 0) is 55.3 Å². The third-order valence-corrected chi connectivity index (χ3v) is 6.28. The number of aromatic amines is 1. The Morgan fingerprint density at radius 1 is 1.15 bits per heavy atom. The first-order valence-corrected chi connectivity index (χ1v) is 11.3. The standard InChI is InChI=1S/C25H23ClFN5O/c26-18-5-7-23-21(13-18)24(31-30-23)15-32-10-8-20(9-11-32)29-25(33)17-4-6-22(28-14-17)16-2-1-3-19(27)12-16/h1-7,12-14,20H,8-11,15H2,(H,29,33)(H,30,31). The van der Waals surface area contributed by atoms with Crippen molar-refractivity contribution in [2.45, 2.75) is 25.4 Å². The van der Waals surface area contributed by atoms with E-state index in [0.717, 1.165) is 49.1 Å². The number of nitrogens with one attached hydrogen (secondary N) is 2. The van der Waals surface area contributed by atoms with Crippen LogP contribution < -0.4 is 5.32 Å². The number of benzene rings is 2. The quantitative estimate of drug-likeness (QED) is 0.445. The van der Waals surface area contributed by atoms with Gasteiger partial charge in [0.05, 0.1) is 22.5 Å². The van der Waals surface area contributed by atoms with Crippen molar-refractivity contribution in [3.05, 3.63) is 82.9 Å². The molecule has 0 aliphatic carbocycles. The third-order valence-electron chi connectivity index (χ3n) is 6.05. The Morgan fingerprint density at radius 2 is 2.00 bits per heavy atom. The smallest absolute Gasteiger partial charge is 0.253 e. The SMILES string of the molecule is O=C(NC1CCN(Cc2[nH]nc3ccc(Cl)cc23)CC1)c1ccc(-c2cccc(F)c2)nc1. The van der Waals surface area contributed by atoms with Crippen LogP contribution >= 0.6 is 11.6 Å². The van der Waals surface area contributed by atoms with Crippen LogP contribution in [0.1, 0.15) is 28.9 Å². The zero-order valence-corrected chi connectivity index (χ0v) is 18.6. The summed E-state index contributed by atoms with van der Waals surface area (Å²) < 4.78 is 13.4. The number of rotatable bonds is 5. The molecule has 1 aliphatic heterocycles. The van der Waals surface area contributed by atoms with Gasteiger partial charge in [-0.1, -0.05) is 23.7 Å². The van der Waals surface area contributed by atoms with Crippen LogP contribution in [0, 0.1) is 5.82 Å². The largest absolute Gasteiger partial charge is 0.349 e. The van der Waals surface area contributed by atoms with Crippen molar-refractivity contribution in [1.29, 1.82) is 0 Å². The molecule has 6 nitrogen and oxygen atoms in total. The van der Waals surface area contributed by atoms with Gasteiger partial charge in [-0.15, -0.1) is 0 Å². The van der Waals surface area contributed by atoms with E-state index in [4.69, 9.17) is 11.6 Å². The molecule has 2 aromatic heterocycles. The first-order valence-electron chi connectivity index (χ1n) is 10.9. The normalized spacial score (nSPS) is 15.1. The van der Waals surface area contributed by atoms with Crippen molar-refractivity contribution >= 4 is 28.4 Å². The van der Waals surface area contributed by atoms with E-state index in [1.807, 2.05) is 18.2 Å². The highest BCUT2D eigenvalue weighted by atomic mass is 35.5. The lowest BCUT2D eigenvalue weighted by Gasteiger charge is -2.32. The molecule has 1 fully saturated rings. The van der Waals surface area contributed by atoms with Gasteiger partial charge in [-0.25, -0.2) is 4.39 Å². The fraction of sp³-hybridized carbons (Fsp3) is 0.240. The number of piperidine rings is 1. The van der Waals surface area contributed by atoms with Crippen molar-refractivity contribution in [3.63, 3.8) is 0 Å². The van der Waals surface area contributed by atoms with Gasteiger partial charge in [0.15, 0.2) is 0 Å². The van der Waals surface area contributed by atoms with E-state index in [-0.39, 0.29) is 17.8 Å². The number of amides is 1. The first kappa shape index (κ1) is 21.6. The van der Waals surface area contributed by atoms with Crippen LogP contribution in [0.4, 0.5) is 4.39 Å². The molecule has 3 heterocycles. The highest BCUT2D eigenvalue weighted by Crippen LogP contribution is 2.23. The Labute approximate surface area is 195 Å². The molecule has 2 N–H and O–H groups in total. The maximum absolute atomic E-state index is 13.4. The molecule has 8 heteroatoms. The van der Waals surface area contributed by atoms with Gasteiger partial charge >= 0.3 is 0 Å². The van der Waals surface area contributed by atoms with Gasteiger partial charge in [0.2, 0.25) is 0 Å². The summed E-state index contributed by atoms with van der Waals surface area (Å²) in [4.78, 5) is 19.4. The van der Waals surface area contributed by atoms with Crippen molar-refractivity contribution in [2.75, 3.05) is 13.1 Å². The van der Waals surface area contributed by atoms with E-state index in [1.54, 1.807) is 30.5 Å². The summed E-state index contributed by atoms with van der Waals surface area (Å²) in [6.45, 7) is 2.52. The van der Waals surface area contributed by atoms with E-state index in [9.17, 15) is 9.18 Å². The Hall–Kier alpha value is -3.29. The molecule has 2 aromatic carbocycles. The molecule has 1 saturated heterocycles. The van der Waals surface area contributed by atoms with Crippen LogP contribution in [-0.2, 0) is 6.54 Å². The van der Waals surface area contributed by atoms with Crippen LogP contribution in [0.2, 0.25) is 5.02 Å². The number of pyridine rings is 1. The van der Waals surface area contributed by atoms with Crippen molar-refractivity contribution < 1.29 is 9.18 Å². The van der Waals surface area contributed by atoms with E-state index in [0.29, 0.717) is 21.8 Å². The van der Waals surface area contributed by atoms with E-state index in [1.165, 1.54) is 12.1 Å². The molecule has 1 amide bonds. The van der Waals surface area contributed by atoms with Gasteiger partial charge in [0.1, 0.15) is 5.82 Å². The molecule has 33 heavy (non-hydrogen) atoms. The summed E-state index contributed by atoms with van der Waals surface area (Å²) in [5, 5.41) is 12.3. The Morgan fingerprint density at radius 3 is 2.76 bits per heavy atom. The van der Waals surface area contributed by atoms with Crippen LogP contribution in [0.5, 0.6) is 0 Å². The monoisotopic (exact) mass is 463 g/mol. The van der Waals surface area contributed by atoms with Gasteiger partial charge in [-0.2, -0.15) is 5.10 Å². The lowest BCUT2D eigenvalue weighted by Crippen LogP contribution is -2.44. The molecule has 0 radical (unpaired) electrons. The van der Waals surface area contributed by atoms with Crippen molar-refractivity contribution in [1.82, 2.24) is 25.4 Å². The summed E-state index contributed by atoms with van der Waals surface area (Å²) in [7, 11) is 0. The number of halogens is 2. The summed E-state index contributed by atoms with van der Waals surface area (Å²) in [6.07, 6.45) is 3.28. The van der Waals surface area contributed by atoms with Crippen LogP contribution in [0.15, 0.2) is 60.8 Å². The molecular weight excluding hydrogens is 441 g/mol. The Kier molecular flexibility index (Phi) is 6.07. The van der Waals surface area contributed by atoms with Gasteiger partial charge < -0.3 is 5.32 Å². The van der Waals surface area contributed by atoms with Crippen molar-refractivity contribution in [3.8, 4) is 11.3 Å². The molecule has 4 aromatic rings. The van der Waals surface area contributed by atoms with E-state index in [2.05, 4.69) is 25.4 Å². The molecule has 5 rings (SSSR count). The van der Waals surface area contributed by atoms with E-state index >= 15 is 0 Å². The average molecular weight is 464 g/mol. The second-order valence-electron chi connectivity index (χ2n) is 8.33. The lowest BCUT2D eigenvalue weighted by molar-refractivity contribution is 0.0908. The van der Waals surface area contributed by atoms with Gasteiger partial charge in [0, 0.05) is 47.8 Å². The predicted molar refractivity (Wildman–Crippen MR) is 126 cm³/mol. The lowest BCUT2D eigenvalue weighted by atomic mass is 10.0.